The molecule has 0 aliphatic heterocycles. The molecular weight excluding hydrogens is 366 g/mol. The molecule has 0 spiro atoms. The maximum Gasteiger partial charge on any atom is 0.257 e. The highest BCUT2D eigenvalue weighted by atomic mass is 35.5. The van der Waals surface area contributed by atoms with Crippen molar-refractivity contribution in [1.82, 2.24) is 9.88 Å². The van der Waals surface area contributed by atoms with Crippen LogP contribution in [0.15, 0.2) is 30.5 Å². The van der Waals surface area contributed by atoms with Crippen LogP contribution >= 0.6 is 11.6 Å². The molecule has 6 nitrogen and oxygen atoms in total. The Balaban J connectivity index is 2.17. The van der Waals surface area contributed by atoms with Gasteiger partial charge in [-0.3, -0.25) is 4.79 Å². The van der Waals surface area contributed by atoms with Gasteiger partial charge in [0.05, 0.1) is 18.7 Å². The molecule has 146 valence electrons. The third kappa shape index (κ3) is 6.12. The second-order valence-electron chi connectivity index (χ2n) is 6.43. The number of benzene rings is 1. The van der Waals surface area contributed by atoms with E-state index in [4.69, 9.17) is 21.1 Å². The molecule has 0 radical (unpaired) electrons. The molecule has 0 aliphatic rings. The Labute approximate surface area is 165 Å². The van der Waals surface area contributed by atoms with Crippen molar-refractivity contribution in [2.75, 3.05) is 33.1 Å². The molecule has 0 saturated heterocycles. The smallest absolute Gasteiger partial charge is 0.257 e. The first kappa shape index (κ1) is 21.0. The van der Waals surface area contributed by atoms with Crippen LogP contribution in [0.3, 0.4) is 0 Å². The predicted molar refractivity (Wildman–Crippen MR) is 108 cm³/mol. The van der Waals surface area contributed by atoms with Gasteiger partial charge in [-0.15, -0.1) is 0 Å². The van der Waals surface area contributed by atoms with Gasteiger partial charge in [-0.1, -0.05) is 24.9 Å². The van der Waals surface area contributed by atoms with E-state index in [-0.39, 0.29) is 5.91 Å². The monoisotopic (exact) mass is 391 g/mol. The number of anilines is 1. The minimum absolute atomic E-state index is 0.315. The van der Waals surface area contributed by atoms with Gasteiger partial charge < -0.3 is 19.7 Å². The van der Waals surface area contributed by atoms with Gasteiger partial charge >= 0.3 is 0 Å². The summed E-state index contributed by atoms with van der Waals surface area (Å²) in [5, 5.41) is 3.14. The molecule has 1 aromatic carbocycles. The zero-order valence-corrected chi connectivity index (χ0v) is 17.0. The summed E-state index contributed by atoms with van der Waals surface area (Å²) in [6.45, 7) is 3.38. The van der Waals surface area contributed by atoms with Gasteiger partial charge in [0.25, 0.3) is 5.91 Å². The summed E-state index contributed by atoms with van der Waals surface area (Å²) >= 11 is 6.32. The largest absolute Gasteiger partial charge is 0.493 e. The van der Waals surface area contributed by atoms with Crippen LogP contribution in [0.2, 0.25) is 5.02 Å². The Morgan fingerprint density at radius 2 is 2.07 bits per heavy atom. The number of nitrogens with one attached hydrogen (secondary N) is 1. The van der Waals surface area contributed by atoms with E-state index in [9.17, 15) is 4.79 Å². The molecule has 0 atom stereocenters. The number of carbonyl (C=O) groups is 1. The SMILES string of the molecule is CCCCOc1c(Cl)cc(C(=O)Nc2cc(CN(C)C)ccn2)cc1OC. The molecule has 0 fully saturated rings. The first-order chi connectivity index (χ1) is 12.9. The summed E-state index contributed by atoms with van der Waals surface area (Å²) < 4.78 is 11.0. The Hall–Kier alpha value is -2.31. The fourth-order valence-corrected chi connectivity index (χ4v) is 2.77. The van der Waals surface area contributed by atoms with Crippen LogP contribution in [0.4, 0.5) is 5.82 Å². The van der Waals surface area contributed by atoms with Crippen molar-refractivity contribution in [2.24, 2.45) is 0 Å². The van der Waals surface area contributed by atoms with Crippen LogP contribution < -0.4 is 14.8 Å². The lowest BCUT2D eigenvalue weighted by Crippen LogP contribution is -2.15. The van der Waals surface area contributed by atoms with Crippen molar-refractivity contribution in [3.8, 4) is 11.5 Å². The normalized spacial score (nSPS) is 10.7. The average Bonchev–Trinajstić information content (AvgIpc) is 2.62. The molecule has 2 rings (SSSR count). The second kappa shape index (κ2) is 10.1. The number of aromatic nitrogens is 1. The number of rotatable bonds is 9. The van der Waals surface area contributed by atoms with Gasteiger partial charge in [-0.05, 0) is 50.3 Å². The molecule has 2 aromatic rings. The number of hydrogen-bond donors (Lipinski definition) is 1. The number of methoxy groups -OCH3 is 1. The van der Waals surface area contributed by atoms with Crippen molar-refractivity contribution in [2.45, 2.75) is 26.3 Å². The molecule has 0 saturated carbocycles. The molecule has 0 bridgehead atoms. The molecular formula is C20H26ClN3O3. The summed E-state index contributed by atoms with van der Waals surface area (Å²) in [4.78, 5) is 18.9. The third-order valence-corrected chi connectivity index (χ3v) is 4.08. The van der Waals surface area contributed by atoms with Crippen molar-refractivity contribution in [3.63, 3.8) is 0 Å². The van der Waals surface area contributed by atoms with Crippen molar-refractivity contribution in [1.29, 1.82) is 0 Å². The second-order valence-corrected chi connectivity index (χ2v) is 6.84. The first-order valence-corrected chi connectivity index (χ1v) is 9.23. The fraction of sp³-hybridized carbons (Fsp3) is 0.400. The standard InChI is InChI=1S/C20H26ClN3O3/c1-5-6-9-27-19-16(21)11-15(12-17(19)26-4)20(25)23-18-10-14(7-8-22-18)13-24(2)3/h7-8,10-12H,5-6,9,13H2,1-4H3,(H,22,23,25). The molecule has 27 heavy (non-hydrogen) atoms. The molecule has 1 heterocycles. The third-order valence-electron chi connectivity index (χ3n) is 3.80. The number of amides is 1. The lowest BCUT2D eigenvalue weighted by atomic mass is 10.1. The summed E-state index contributed by atoms with van der Waals surface area (Å²) in [6.07, 6.45) is 3.60. The van der Waals surface area contributed by atoms with Crippen molar-refractivity contribution < 1.29 is 14.3 Å². The number of ether oxygens (including phenoxy) is 2. The van der Waals surface area contributed by atoms with E-state index in [2.05, 4.69) is 17.2 Å². The Morgan fingerprint density at radius 1 is 1.30 bits per heavy atom. The lowest BCUT2D eigenvalue weighted by Gasteiger charge is -2.14. The number of unbranched alkanes of at least 4 members (excludes halogenated alkanes) is 1. The van der Waals surface area contributed by atoms with Gasteiger partial charge in [-0.25, -0.2) is 4.98 Å². The van der Waals surface area contributed by atoms with Crippen molar-refractivity contribution >= 4 is 23.3 Å². The highest BCUT2D eigenvalue weighted by Gasteiger charge is 2.16. The summed E-state index contributed by atoms with van der Waals surface area (Å²) in [5.74, 6) is 1.05. The van der Waals surface area contributed by atoms with Crippen molar-refractivity contribution in [3.05, 3.63) is 46.6 Å². The van der Waals surface area contributed by atoms with E-state index in [0.717, 1.165) is 24.9 Å². The summed E-state index contributed by atoms with van der Waals surface area (Å²) in [6, 6.07) is 6.95. The average molecular weight is 392 g/mol. The molecule has 1 N–H and O–H groups in total. The van der Waals surface area contributed by atoms with E-state index in [1.165, 1.54) is 7.11 Å². The number of carbonyl (C=O) groups excluding carboxylic acids is 1. The maximum atomic E-state index is 12.6. The molecule has 1 aromatic heterocycles. The predicted octanol–water partition coefficient (Wildman–Crippen LogP) is 4.24. The van der Waals surface area contributed by atoms with Crippen LogP contribution in [0.1, 0.15) is 35.7 Å². The quantitative estimate of drug-likeness (QED) is 0.648. The van der Waals surface area contributed by atoms with Crippen LogP contribution in [-0.4, -0.2) is 43.6 Å². The van der Waals surface area contributed by atoms with E-state index >= 15 is 0 Å². The van der Waals surface area contributed by atoms with E-state index in [0.29, 0.717) is 34.5 Å². The maximum absolute atomic E-state index is 12.6. The Morgan fingerprint density at radius 3 is 2.74 bits per heavy atom. The Bertz CT molecular complexity index is 781. The zero-order chi connectivity index (χ0) is 19.8. The Kier molecular flexibility index (Phi) is 7.88. The minimum atomic E-state index is -0.315. The number of nitrogens with zero attached hydrogens (tertiary/aromatic N) is 2. The van der Waals surface area contributed by atoms with Gasteiger partial charge in [0.15, 0.2) is 11.5 Å². The zero-order valence-electron chi connectivity index (χ0n) is 16.2. The number of pyridine rings is 1. The highest BCUT2D eigenvalue weighted by molar-refractivity contribution is 6.32. The van der Waals surface area contributed by atoms with Gasteiger partial charge in [0, 0.05) is 18.3 Å². The fourth-order valence-electron chi connectivity index (χ4n) is 2.50. The topological polar surface area (TPSA) is 63.7 Å². The molecule has 0 unspecified atom stereocenters. The molecule has 1 amide bonds. The minimum Gasteiger partial charge on any atom is -0.493 e. The van der Waals surface area contributed by atoms with E-state index in [1.807, 2.05) is 31.1 Å². The van der Waals surface area contributed by atoms with E-state index < -0.39 is 0 Å². The van der Waals surface area contributed by atoms with Gasteiger partial charge in [-0.2, -0.15) is 0 Å². The highest BCUT2D eigenvalue weighted by Crippen LogP contribution is 2.36. The summed E-state index contributed by atoms with van der Waals surface area (Å²) in [7, 11) is 5.49. The van der Waals surface area contributed by atoms with Gasteiger partial charge in [0.2, 0.25) is 0 Å². The lowest BCUT2D eigenvalue weighted by molar-refractivity contribution is 0.102. The molecule has 0 aliphatic carbocycles. The van der Waals surface area contributed by atoms with Crippen LogP contribution in [-0.2, 0) is 6.54 Å². The van der Waals surface area contributed by atoms with Crippen LogP contribution in [0.25, 0.3) is 0 Å². The first-order valence-electron chi connectivity index (χ1n) is 8.86. The van der Waals surface area contributed by atoms with Crippen LogP contribution in [0.5, 0.6) is 11.5 Å². The van der Waals surface area contributed by atoms with Crippen LogP contribution in [0, 0.1) is 0 Å². The summed E-state index contributed by atoms with van der Waals surface area (Å²) in [5.41, 5.74) is 1.43. The van der Waals surface area contributed by atoms with Gasteiger partial charge in [0.1, 0.15) is 5.82 Å². The number of hydrogen-bond acceptors (Lipinski definition) is 5. The number of halogens is 1. The van der Waals surface area contributed by atoms with E-state index in [1.54, 1.807) is 18.3 Å². The molecule has 7 heteroatoms.